The number of benzene rings is 2. The highest BCUT2D eigenvalue weighted by Gasteiger charge is 2.23. The molecule has 8 nitrogen and oxygen atoms in total. The molecule has 0 heterocycles. The van der Waals surface area contributed by atoms with Gasteiger partial charge >= 0.3 is 0 Å². The molecule has 0 unspecified atom stereocenters. The highest BCUT2D eigenvalue weighted by Crippen LogP contribution is 2.25. The minimum absolute atomic E-state index is 0.00494. The fraction of sp³-hybridized carbons (Fsp3) is 0.273. The largest absolute Gasteiger partial charge is 0.484 e. The Morgan fingerprint density at radius 1 is 1.19 bits per heavy atom. The normalized spacial score (nSPS) is 13.1. The van der Waals surface area contributed by atoms with Crippen molar-refractivity contribution in [3.05, 3.63) is 74.8 Å². The van der Waals surface area contributed by atoms with E-state index in [1.165, 1.54) is 24.3 Å². The van der Waals surface area contributed by atoms with E-state index >= 15 is 0 Å². The number of halogens is 1. The van der Waals surface area contributed by atoms with Crippen molar-refractivity contribution in [2.75, 3.05) is 13.2 Å². The van der Waals surface area contributed by atoms with Gasteiger partial charge in [0.25, 0.3) is 11.6 Å². The van der Waals surface area contributed by atoms with Crippen LogP contribution in [0.5, 0.6) is 5.75 Å². The van der Waals surface area contributed by atoms with Gasteiger partial charge in [0.2, 0.25) is 5.91 Å². The summed E-state index contributed by atoms with van der Waals surface area (Å²) in [6.07, 6.45) is 5.50. The molecule has 1 saturated carbocycles. The number of carbonyl (C=O) groups excluding carboxylic acids is 2. The van der Waals surface area contributed by atoms with Crippen LogP contribution < -0.4 is 15.4 Å². The molecule has 0 bridgehead atoms. The Labute approximate surface area is 184 Å². The van der Waals surface area contributed by atoms with E-state index in [0.29, 0.717) is 30.3 Å². The number of nitro groups is 1. The molecule has 2 aromatic rings. The topological polar surface area (TPSA) is 111 Å². The lowest BCUT2D eigenvalue weighted by Gasteiger charge is -2.08. The first-order chi connectivity index (χ1) is 14.9. The monoisotopic (exact) mass is 443 g/mol. The third-order valence-corrected chi connectivity index (χ3v) is 4.86. The second-order valence-electron chi connectivity index (χ2n) is 7.12. The summed E-state index contributed by atoms with van der Waals surface area (Å²) in [5, 5.41) is 16.6. The molecule has 9 heteroatoms. The number of amides is 2. The minimum atomic E-state index is -0.570. The van der Waals surface area contributed by atoms with Crippen LogP contribution in [0.25, 0.3) is 6.08 Å². The van der Waals surface area contributed by atoms with Crippen molar-refractivity contribution < 1.29 is 19.2 Å². The first-order valence-electron chi connectivity index (χ1n) is 9.81. The lowest BCUT2D eigenvalue weighted by Crippen LogP contribution is -2.30. The number of carbonyl (C=O) groups is 2. The van der Waals surface area contributed by atoms with Crippen LogP contribution in [-0.4, -0.2) is 35.9 Å². The lowest BCUT2D eigenvalue weighted by molar-refractivity contribution is -0.384. The maximum Gasteiger partial charge on any atom is 0.288 e. The van der Waals surface area contributed by atoms with E-state index in [1.54, 1.807) is 18.2 Å². The lowest BCUT2D eigenvalue weighted by atomic mass is 10.1. The van der Waals surface area contributed by atoms with Gasteiger partial charge in [-0.1, -0.05) is 29.8 Å². The Balaban J connectivity index is 1.39. The first kappa shape index (κ1) is 22.3. The van der Waals surface area contributed by atoms with Gasteiger partial charge in [-0.3, -0.25) is 19.7 Å². The summed E-state index contributed by atoms with van der Waals surface area (Å²) in [5.41, 5.74) is 1.31. The van der Waals surface area contributed by atoms with Crippen LogP contribution in [0.2, 0.25) is 5.02 Å². The summed E-state index contributed by atoms with van der Waals surface area (Å²) in [4.78, 5) is 33.9. The van der Waals surface area contributed by atoms with E-state index in [4.69, 9.17) is 16.3 Å². The van der Waals surface area contributed by atoms with Gasteiger partial charge in [-0.25, -0.2) is 0 Å². The van der Waals surface area contributed by atoms with Crippen molar-refractivity contribution in [1.82, 2.24) is 10.6 Å². The predicted octanol–water partition coefficient (Wildman–Crippen LogP) is 3.28. The molecule has 162 valence electrons. The number of rotatable bonds is 10. The maximum absolute atomic E-state index is 12.0. The predicted molar refractivity (Wildman–Crippen MR) is 117 cm³/mol. The summed E-state index contributed by atoms with van der Waals surface area (Å²) in [5.74, 6) is 0.188. The number of nitrogens with one attached hydrogen (secondary N) is 2. The molecule has 0 atom stereocenters. The van der Waals surface area contributed by atoms with E-state index < -0.39 is 4.92 Å². The average Bonchev–Trinajstić information content (AvgIpc) is 3.56. The molecular formula is C22H22ClN3O5. The summed E-state index contributed by atoms with van der Waals surface area (Å²) in [7, 11) is 0. The maximum atomic E-state index is 12.0. The van der Waals surface area contributed by atoms with Gasteiger partial charge in [-0.05, 0) is 54.7 Å². The van der Waals surface area contributed by atoms with E-state index in [-0.39, 0.29) is 29.1 Å². The molecular weight excluding hydrogens is 422 g/mol. The second kappa shape index (κ2) is 10.6. The number of nitrogens with zero attached hydrogens (tertiary/aromatic N) is 1. The van der Waals surface area contributed by atoms with E-state index in [9.17, 15) is 19.7 Å². The number of hydrogen-bond acceptors (Lipinski definition) is 5. The van der Waals surface area contributed by atoms with Crippen LogP contribution in [0.4, 0.5) is 5.69 Å². The Bertz CT molecular complexity index is 987. The zero-order chi connectivity index (χ0) is 22.2. The van der Waals surface area contributed by atoms with Gasteiger partial charge in [-0.2, -0.15) is 0 Å². The SMILES string of the molecule is O=C(/C=C/c1ccc(Cl)c([N+](=O)[O-])c1)NCCc1ccc(OCC(=O)NC2CC2)cc1. The Morgan fingerprint density at radius 2 is 1.94 bits per heavy atom. The molecule has 0 saturated heterocycles. The van der Waals surface area contributed by atoms with Crippen molar-refractivity contribution >= 4 is 35.2 Å². The van der Waals surface area contributed by atoms with Crippen LogP contribution in [0.1, 0.15) is 24.0 Å². The van der Waals surface area contributed by atoms with Crippen LogP contribution in [0.15, 0.2) is 48.5 Å². The minimum Gasteiger partial charge on any atom is -0.484 e. The Morgan fingerprint density at radius 3 is 2.61 bits per heavy atom. The average molecular weight is 444 g/mol. The zero-order valence-corrected chi connectivity index (χ0v) is 17.4. The Hall–Kier alpha value is -3.39. The smallest absolute Gasteiger partial charge is 0.288 e. The van der Waals surface area contributed by atoms with Gasteiger partial charge in [0, 0.05) is 24.7 Å². The van der Waals surface area contributed by atoms with Gasteiger partial charge in [0.05, 0.1) is 4.92 Å². The molecule has 1 fully saturated rings. The third kappa shape index (κ3) is 7.42. The molecule has 2 N–H and O–H groups in total. The molecule has 1 aliphatic rings. The standard InChI is InChI=1S/C22H22ClN3O5/c23-19-9-3-16(13-20(19)26(29)30)4-10-21(27)24-12-11-15-1-7-18(8-2-15)31-14-22(28)25-17-5-6-17/h1-4,7-10,13,17H,5-6,11-12,14H2,(H,24,27)(H,25,28)/b10-4+. The van der Waals surface area contributed by atoms with Gasteiger partial charge in [0.15, 0.2) is 6.61 Å². The fourth-order valence-electron chi connectivity index (χ4n) is 2.73. The zero-order valence-electron chi connectivity index (χ0n) is 16.7. The molecule has 0 spiro atoms. The highest BCUT2D eigenvalue weighted by molar-refractivity contribution is 6.32. The van der Waals surface area contributed by atoms with Crippen LogP contribution in [0.3, 0.4) is 0 Å². The number of nitro benzene ring substituents is 1. The van der Waals surface area contributed by atoms with Crippen LogP contribution in [-0.2, 0) is 16.0 Å². The summed E-state index contributed by atoms with van der Waals surface area (Å²) < 4.78 is 5.46. The van der Waals surface area contributed by atoms with Crippen LogP contribution in [0, 0.1) is 10.1 Å². The molecule has 31 heavy (non-hydrogen) atoms. The van der Waals surface area contributed by atoms with E-state index in [0.717, 1.165) is 18.4 Å². The fourth-order valence-corrected chi connectivity index (χ4v) is 2.92. The molecule has 1 aliphatic carbocycles. The third-order valence-electron chi connectivity index (χ3n) is 4.54. The summed E-state index contributed by atoms with van der Waals surface area (Å²) >= 11 is 5.77. The molecule has 2 amide bonds. The first-order valence-corrected chi connectivity index (χ1v) is 10.2. The van der Waals surface area contributed by atoms with Gasteiger partial charge in [-0.15, -0.1) is 0 Å². The van der Waals surface area contributed by atoms with E-state index in [2.05, 4.69) is 10.6 Å². The van der Waals surface area contributed by atoms with Gasteiger partial charge < -0.3 is 15.4 Å². The highest BCUT2D eigenvalue weighted by atomic mass is 35.5. The Kier molecular flexibility index (Phi) is 7.61. The summed E-state index contributed by atoms with van der Waals surface area (Å²) in [6, 6.07) is 12.0. The second-order valence-corrected chi connectivity index (χ2v) is 7.52. The van der Waals surface area contributed by atoms with E-state index in [1.807, 2.05) is 12.1 Å². The summed E-state index contributed by atoms with van der Waals surface area (Å²) in [6.45, 7) is 0.420. The molecule has 0 aliphatic heterocycles. The molecule has 2 aromatic carbocycles. The number of hydrogen-bond donors (Lipinski definition) is 2. The van der Waals surface area contributed by atoms with Crippen molar-refractivity contribution in [2.24, 2.45) is 0 Å². The van der Waals surface area contributed by atoms with Crippen molar-refractivity contribution in [2.45, 2.75) is 25.3 Å². The van der Waals surface area contributed by atoms with Crippen LogP contribution >= 0.6 is 11.6 Å². The van der Waals surface area contributed by atoms with Crippen molar-refractivity contribution in [3.8, 4) is 5.75 Å². The number of ether oxygens (including phenoxy) is 1. The quantitative estimate of drug-likeness (QED) is 0.332. The van der Waals surface area contributed by atoms with Crippen molar-refractivity contribution in [3.63, 3.8) is 0 Å². The van der Waals surface area contributed by atoms with Crippen molar-refractivity contribution in [1.29, 1.82) is 0 Å². The molecule has 3 rings (SSSR count). The van der Waals surface area contributed by atoms with Gasteiger partial charge in [0.1, 0.15) is 10.8 Å². The molecule has 0 aromatic heterocycles. The molecule has 0 radical (unpaired) electrons.